The van der Waals surface area contributed by atoms with E-state index in [1.807, 2.05) is 0 Å². The van der Waals surface area contributed by atoms with Gasteiger partial charge in [0.05, 0.1) is 17.7 Å². The Morgan fingerprint density at radius 3 is 2.25 bits per heavy atom. The van der Waals surface area contributed by atoms with Crippen molar-refractivity contribution in [2.24, 2.45) is 0 Å². The Morgan fingerprint density at radius 1 is 1.06 bits per heavy atom. The molecule has 32 heavy (non-hydrogen) atoms. The molecule has 170 valence electrons. The van der Waals surface area contributed by atoms with Crippen LogP contribution in [0.15, 0.2) is 42.2 Å². The molecule has 2 aliphatic heterocycles. The molecular formula is C22H18Cl2F3NO4. The summed E-state index contributed by atoms with van der Waals surface area (Å²) in [6.45, 7) is 0.889. The number of hydrogen-bond acceptors (Lipinski definition) is 5. The third-order valence-corrected chi connectivity index (χ3v) is 6.45. The van der Waals surface area contributed by atoms with E-state index < -0.39 is 28.3 Å². The number of halogens is 5. The van der Waals surface area contributed by atoms with Crippen LogP contribution in [-0.4, -0.2) is 41.9 Å². The summed E-state index contributed by atoms with van der Waals surface area (Å²) in [6.07, 6.45) is -3.97. The first-order chi connectivity index (χ1) is 15.1. The third-order valence-electron chi connectivity index (χ3n) is 5.79. The predicted octanol–water partition coefficient (Wildman–Crippen LogP) is 5.90. The van der Waals surface area contributed by atoms with Gasteiger partial charge in [0.2, 0.25) is 0 Å². The summed E-state index contributed by atoms with van der Waals surface area (Å²) in [4.78, 5) is 17.9. The van der Waals surface area contributed by atoms with Gasteiger partial charge < -0.3 is 14.7 Å². The van der Waals surface area contributed by atoms with Gasteiger partial charge in [0.15, 0.2) is 11.4 Å². The molecule has 0 saturated carbocycles. The van der Waals surface area contributed by atoms with E-state index in [9.17, 15) is 23.1 Å². The first kappa shape index (κ1) is 22.9. The zero-order valence-electron chi connectivity index (χ0n) is 16.8. The molecule has 4 rings (SSSR count). The Kier molecular flexibility index (Phi) is 5.92. The molecule has 10 heteroatoms. The minimum Gasteiger partial charge on any atom is -0.507 e. The standard InChI is InChI=1S/C22H18Cl2F3NO4/c1-31-28-8-6-21(7-9-28)19(29)18(20(30)32-21)14-10-12(2-4-16(14)23)13-3-5-17(24)15(11-13)22(25,26)27/h2-5,10-11,29H,6-9H2,1H3. The summed E-state index contributed by atoms with van der Waals surface area (Å²) in [5.41, 5.74) is -1.46. The number of aliphatic hydroxyl groups is 1. The first-order valence-electron chi connectivity index (χ1n) is 9.69. The number of alkyl halides is 3. The Balaban J connectivity index is 1.76. The molecule has 0 radical (unpaired) electrons. The van der Waals surface area contributed by atoms with Gasteiger partial charge >= 0.3 is 12.1 Å². The van der Waals surface area contributed by atoms with Crippen molar-refractivity contribution in [2.45, 2.75) is 24.6 Å². The number of benzene rings is 2. The van der Waals surface area contributed by atoms with Crippen molar-refractivity contribution in [2.75, 3.05) is 20.2 Å². The number of esters is 1. The number of ether oxygens (including phenoxy) is 1. The van der Waals surface area contributed by atoms with Crippen LogP contribution in [-0.2, 0) is 20.5 Å². The molecule has 1 spiro atoms. The molecule has 0 aliphatic carbocycles. The van der Waals surface area contributed by atoms with Crippen molar-refractivity contribution in [1.29, 1.82) is 0 Å². The molecule has 1 saturated heterocycles. The second-order valence-electron chi connectivity index (χ2n) is 7.61. The Morgan fingerprint density at radius 2 is 1.66 bits per heavy atom. The highest BCUT2D eigenvalue weighted by Crippen LogP contribution is 2.45. The lowest BCUT2D eigenvalue weighted by molar-refractivity contribution is -0.182. The lowest BCUT2D eigenvalue weighted by Crippen LogP contribution is -2.45. The van der Waals surface area contributed by atoms with Crippen LogP contribution in [0.25, 0.3) is 16.7 Å². The maximum Gasteiger partial charge on any atom is 0.417 e. The quantitative estimate of drug-likeness (QED) is 0.546. The second kappa shape index (κ2) is 8.26. The molecule has 0 amide bonds. The molecular weight excluding hydrogens is 470 g/mol. The van der Waals surface area contributed by atoms with Crippen LogP contribution in [0.5, 0.6) is 0 Å². The monoisotopic (exact) mass is 487 g/mol. The van der Waals surface area contributed by atoms with Crippen molar-refractivity contribution in [3.05, 3.63) is 63.3 Å². The highest BCUT2D eigenvalue weighted by Gasteiger charge is 2.50. The van der Waals surface area contributed by atoms with Gasteiger partial charge in [-0.05, 0) is 35.4 Å². The smallest absolute Gasteiger partial charge is 0.417 e. The van der Waals surface area contributed by atoms with E-state index >= 15 is 0 Å². The third kappa shape index (κ3) is 3.96. The molecule has 2 aliphatic rings. The normalized spacial score (nSPS) is 19.0. The number of hydrogen-bond donors (Lipinski definition) is 1. The molecule has 0 unspecified atom stereocenters. The summed E-state index contributed by atoms with van der Waals surface area (Å²) >= 11 is 12.0. The second-order valence-corrected chi connectivity index (χ2v) is 8.42. The zero-order chi connectivity index (χ0) is 23.3. The van der Waals surface area contributed by atoms with E-state index in [1.54, 1.807) is 5.06 Å². The fourth-order valence-electron chi connectivity index (χ4n) is 4.03. The first-order valence-corrected chi connectivity index (χ1v) is 10.4. The summed E-state index contributed by atoms with van der Waals surface area (Å²) in [6, 6.07) is 7.97. The molecule has 2 aromatic rings. The van der Waals surface area contributed by atoms with Crippen molar-refractivity contribution in [3.63, 3.8) is 0 Å². The highest BCUT2D eigenvalue weighted by atomic mass is 35.5. The summed E-state index contributed by atoms with van der Waals surface area (Å²) < 4.78 is 45.4. The number of carbonyl (C=O) groups is 1. The molecule has 5 nitrogen and oxygen atoms in total. The molecule has 0 atom stereocenters. The van der Waals surface area contributed by atoms with E-state index in [0.29, 0.717) is 31.5 Å². The van der Waals surface area contributed by atoms with Crippen LogP contribution in [0, 0.1) is 0 Å². The maximum atomic E-state index is 13.3. The van der Waals surface area contributed by atoms with Crippen LogP contribution in [0.4, 0.5) is 13.2 Å². The Hall–Kier alpha value is -2.26. The summed E-state index contributed by atoms with van der Waals surface area (Å²) in [7, 11) is 1.53. The van der Waals surface area contributed by atoms with E-state index in [2.05, 4.69) is 0 Å². The minimum atomic E-state index is -4.62. The van der Waals surface area contributed by atoms with Gasteiger partial charge in [-0.3, -0.25) is 0 Å². The van der Waals surface area contributed by atoms with E-state index in [-0.39, 0.29) is 27.5 Å². The summed E-state index contributed by atoms with van der Waals surface area (Å²) in [5.74, 6) is -0.969. The number of rotatable bonds is 3. The molecule has 2 aromatic carbocycles. The van der Waals surface area contributed by atoms with E-state index in [0.717, 1.165) is 12.1 Å². The lowest BCUT2D eigenvalue weighted by Gasteiger charge is -2.36. The topological polar surface area (TPSA) is 59.0 Å². The largest absolute Gasteiger partial charge is 0.507 e. The average Bonchev–Trinajstić information content (AvgIpc) is 2.98. The van der Waals surface area contributed by atoms with Crippen LogP contribution in [0.1, 0.15) is 24.0 Å². The number of carbonyl (C=O) groups excluding carboxylic acids is 1. The van der Waals surface area contributed by atoms with Gasteiger partial charge in [-0.1, -0.05) is 35.3 Å². The van der Waals surface area contributed by atoms with Gasteiger partial charge in [-0.25, -0.2) is 4.79 Å². The number of nitrogens with zero attached hydrogens (tertiary/aromatic N) is 1. The fourth-order valence-corrected chi connectivity index (χ4v) is 4.46. The highest BCUT2D eigenvalue weighted by molar-refractivity contribution is 6.35. The molecule has 1 fully saturated rings. The van der Waals surface area contributed by atoms with Gasteiger partial charge in [0.1, 0.15) is 5.57 Å². The average molecular weight is 488 g/mol. The van der Waals surface area contributed by atoms with E-state index in [1.165, 1.54) is 31.4 Å². The van der Waals surface area contributed by atoms with Gasteiger partial charge in [-0.15, -0.1) is 0 Å². The zero-order valence-corrected chi connectivity index (χ0v) is 18.3. The lowest BCUT2D eigenvalue weighted by atomic mass is 9.88. The molecule has 2 heterocycles. The Bertz CT molecular complexity index is 1110. The Labute approximate surface area is 191 Å². The molecule has 1 N–H and O–H groups in total. The fraction of sp³-hybridized carbons (Fsp3) is 0.318. The van der Waals surface area contributed by atoms with Crippen molar-refractivity contribution in [3.8, 4) is 11.1 Å². The van der Waals surface area contributed by atoms with Gasteiger partial charge in [0, 0.05) is 36.5 Å². The minimum absolute atomic E-state index is 0.0901. The van der Waals surface area contributed by atoms with Gasteiger partial charge in [0.25, 0.3) is 0 Å². The summed E-state index contributed by atoms with van der Waals surface area (Å²) in [5, 5.41) is 12.4. The van der Waals surface area contributed by atoms with Gasteiger partial charge in [-0.2, -0.15) is 18.2 Å². The van der Waals surface area contributed by atoms with Crippen molar-refractivity contribution < 1.29 is 32.6 Å². The van der Waals surface area contributed by atoms with E-state index in [4.69, 9.17) is 32.8 Å². The van der Waals surface area contributed by atoms with Crippen LogP contribution in [0.2, 0.25) is 10.0 Å². The maximum absolute atomic E-state index is 13.3. The van der Waals surface area contributed by atoms with Crippen LogP contribution >= 0.6 is 23.2 Å². The SMILES string of the molecule is CON1CCC2(CC1)OC(=O)C(c1cc(-c3ccc(Cl)c(C(F)(F)F)c3)ccc1Cl)=C2O. The number of aliphatic hydroxyl groups excluding tert-OH is 1. The predicted molar refractivity (Wildman–Crippen MR) is 113 cm³/mol. The van der Waals surface area contributed by atoms with Crippen molar-refractivity contribution >= 4 is 34.7 Å². The molecule has 0 bridgehead atoms. The molecule has 0 aromatic heterocycles. The van der Waals surface area contributed by atoms with Crippen molar-refractivity contribution in [1.82, 2.24) is 5.06 Å². The van der Waals surface area contributed by atoms with Crippen LogP contribution < -0.4 is 0 Å². The number of hydroxylamine groups is 2. The van der Waals surface area contributed by atoms with Crippen LogP contribution in [0.3, 0.4) is 0 Å². The number of piperidine rings is 1.